The Labute approximate surface area is 111 Å². The van der Waals surface area contributed by atoms with E-state index in [1.54, 1.807) is 0 Å². The number of rotatable bonds is 8. The molecular weight excluding hydrogens is 224 g/mol. The normalized spacial score (nSPS) is 32.1. The lowest BCUT2D eigenvalue weighted by Gasteiger charge is -2.32. The molecule has 2 rings (SSSR count). The van der Waals surface area contributed by atoms with Gasteiger partial charge in [-0.3, -0.25) is 4.79 Å². The lowest BCUT2D eigenvalue weighted by molar-refractivity contribution is -0.133. The Morgan fingerprint density at radius 2 is 2.11 bits per heavy atom. The van der Waals surface area contributed by atoms with E-state index in [2.05, 4.69) is 13.8 Å². The number of ether oxygens (including phenoxy) is 1. The highest BCUT2D eigenvalue weighted by molar-refractivity contribution is 5.87. The molecular formula is C16H28O2. The average Bonchev–Trinajstić information content (AvgIpc) is 2.69. The molecule has 4 unspecified atom stereocenters. The third kappa shape index (κ3) is 3.14. The van der Waals surface area contributed by atoms with Crippen molar-refractivity contribution >= 4 is 5.78 Å². The summed E-state index contributed by atoms with van der Waals surface area (Å²) < 4.78 is 5.68. The second kappa shape index (κ2) is 6.70. The molecule has 104 valence electrons. The first-order chi connectivity index (χ1) is 8.76. The SMILES string of the molecule is CCOC(CC)CCCCC1CCC2C(=O)CC12. The molecule has 2 aliphatic rings. The fraction of sp³-hybridized carbons (Fsp3) is 0.938. The third-order valence-corrected chi connectivity index (χ3v) is 5.03. The van der Waals surface area contributed by atoms with Crippen LogP contribution in [0.2, 0.25) is 0 Å². The summed E-state index contributed by atoms with van der Waals surface area (Å²) in [6.45, 7) is 5.13. The lowest BCUT2D eigenvalue weighted by Crippen LogP contribution is -2.35. The van der Waals surface area contributed by atoms with Gasteiger partial charge in [-0.2, -0.15) is 0 Å². The summed E-state index contributed by atoms with van der Waals surface area (Å²) in [5, 5.41) is 0. The predicted octanol–water partition coefficient (Wildman–Crippen LogP) is 3.98. The number of hydrogen-bond donors (Lipinski definition) is 0. The van der Waals surface area contributed by atoms with E-state index in [-0.39, 0.29) is 0 Å². The van der Waals surface area contributed by atoms with E-state index in [4.69, 9.17) is 4.74 Å². The van der Waals surface area contributed by atoms with Crippen LogP contribution in [0, 0.1) is 17.8 Å². The summed E-state index contributed by atoms with van der Waals surface area (Å²) in [4.78, 5) is 11.4. The Morgan fingerprint density at radius 1 is 1.28 bits per heavy atom. The topological polar surface area (TPSA) is 26.3 Å². The van der Waals surface area contributed by atoms with Crippen LogP contribution in [0.3, 0.4) is 0 Å². The Kier molecular flexibility index (Phi) is 5.23. The molecule has 2 saturated carbocycles. The van der Waals surface area contributed by atoms with Crippen molar-refractivity contribution in [2.45, 2.75) is 71.3 Å². The molecule has 0 aromatic carbocycles. The minimum atomic E-state index is 0.469. The van der Waals surface area contributed by atoms with E-state index in [1.165, 1.54) is 38.5 Å². The smallest absolute Gasteiger partial charge is 0.136 e. The van der Waals surface area contributed by atoms with Crippen molar-refractivity contribution in [1.29, 1.82) is 0 Å². The second-order valence-electron chi connectivity index (χ2n) is 6.05. The number of carbonyl (C=O) groups is 1. The summed E-state index contributed by atoms with van der Waals surface area (Å²) in [6.07, 6.45) is 10.2. The van der Waals surface area contributed by atoms with Gasteiger partial charge in [0.2, 0.25) is 0 Å². The predicted molar refractivity (Wildman–Crippen MR) is 73.5 cm³/mol. The second-order valence-corrected chi connectivity index (χ2v) is 6.05. The van der Waals surface area contributed by atoms with Crippen LogP contribution in [0.15, 0.2) is 0 Å². The lowest BCUT2D eigenvalue weighted by atomic mass is 9.70. The molecule has 2 nitrogen and oxygen atoms in total. The van der Waals surface area contributed by atoms with Gasteiger partial charge in [0.15, 0.2) is 0 Å². The van der Waals surface area contributed by atoms with Crippen molar-refractivity contribution < 1.29 is 9.53 Å². The van der Waals surface area contributed by atoms with Gasteiger partial charge in [-0.05, 0) is 44.4 Å². The summed E-state index contributed by atoms with van der Waals surface area (Å²) in [6, 6.07) is 0. The Hall–Kier alpha value is -0.370. The maximum Gasteiger partial charge on any atom is 0.136 e. The zero-order chi connectivity index (χ0) is 13.0. The first-order valence-corrected chi connectivity index (χ1v) is 7.90. The highest BCUT2D eigenvalue weighted by Crippen LogP contribution is 2.49. The van der Waals surface area contributed by atoms with Crippen molar-refractivity contribution in [3.8, 4) is 0 Å². The van der Waals surface area contributed by atoms with Crippen LogP contribution in [-0.2, 0) is 9.53 Å². The van der Waals surface area contributed by atoms with Gasteiger partial charge in [-0.1, -0.05) is 26.2 Å². The Bertz CT molecular complexity index is 274. The van der Waals surface area contributed by atoms with E-state index >= 15 is 0 Å². The van der Waals surface area contributed by atoms with Crippen LogP contribution in [0.25, 0.3) is 0 Å². The van der Waals surface area contributed by atoms with Gasteiger partial charge in [-0.15, -0.1) is 0 Å². The van der Waals surface area contributed by atoms with E-state index in [0.717, 1.165) is 31.3 Å². The molecule has 0 saturated heterocycles. The standard InChI is InChI=1S/C16H28O2/c1-3-13(18-4-2)8-6-5-7-12-9-10-14-15(12)11-16(14)17/h12-15H,3-11H2,1-2H3. The van der Waals surface area contributed by atoms with Gasteiger partial charge < -0.3 is 4.74 Å². The molecule has 0 bridgehead atoms. The number of unbranched alkanes of at least 4 members (excludes halogenated alkanes) is 1. The quantitative estimate of drug-likeness (QED) is 0.611. The molecule has 4 atom stereocenters. The molecule has 2 heteroatoms. The number of hydrogen-bond acceptors (Lipinski definition) is 2. The minimum absolute atomic E-state index is 0.469. The average molecular weight is 252 g/mol. The number of ketones is 1. The fourth-order valence-corrected chi connectivity index (χ4v) is 3.86. The number of fused-ring (bicyclic) bond motifs is 1. The van der Waals surface area contributed by atoms with Gasteiger partial charge in [0.25, 0.3) is 0 Å². The summed E-state index contributed by atoms with van der Waals surface area (Å²) in [5.41, 5.74) is 0. The van der Waals surface area contributed by atoms with E-state index in [9.17, 15) is 4.79 Å². The molecule has 18 heavy (non-hydrogen) atoms. The Morgan fingerprint density at radius 3 is 2.72 bits per heavy atom. The van der Waals surface area contributed by atoms with E-state index < -0.39 is 0 Å². The first-order valence-electron chi connectivity index (χ1n) is 7.90. The van der Waals surface area contributed by atoms with Gasteiger partial charge in [-0.25, -0.2) is 0 Å². The van der Waals surface area contributed by atoms with Gasteiger partial charge >= 0.3 is 0 Å². The number of carbonyl (C=O) groups excluding carboxylic acids is 1. The van der Waals surface area contributed by atoms with E-state index in [0.29, 0.717) is 17.8 Å². The molecule has 0 radical (unpaired) electrons. The van der Waals surface area contributed by atoms with Gasteiger partial charge in [0, 0.05) is 18.9 Å². The molecule has 0 aromatic rings. The first kappa shape index (κ1) is 14.0. The molecule has 0 aliphatic heterocycles. The van der Waals surface area contributed by atoms with Crippen LogP contribution >= 0.6 is 0 Å². The van der Waals surface area contributed by atoms with Crippen molar-refractivity contribution in [3.63, 3.8) is 0 Å². The molecule has 0 N–H and O–H groups in total. The highest BCUT2D eigenvalue weighted by Gasteiger charge is 2.47. The zero-order valence-electron chi connectivity index (χ0n) is 12.0. The molecule has 0 heterocycles. The Balaban J connectivity index is 1.57. The van der Waals surface area contributed by atoms with Crippen LogP contribution in [0.5, 0.6) is 0 Å². The fourth-order valence-electron chi connectivity index (χ4n) is 3.86. The van der Waals surface area contributed by atoms with Crippen molar-refractivity contribution in [3.05, 3.63) is 0 Å². The maximum absolute atomic E-state index is 11.4. The number of Topliss-reactive ketones (excluding diaryl/α,β-unsaturated/α-hetero) is 1. The molecule has 0 aromatic heterocycles. The van der Waals surface area contributed by atoms with Crippen molar-refractivity contribution in [1.82, 2.24) is 0 Å². The zero-order valence-corrected chi connectivity index (χ0v) is 12.0. The van der Waals surface area contributed by atoms with Crippen molar-refractivity contribution in [2.75, 3.05) is 6.61 Å². The molecule has 0 amide bonds. The van der Waals surface area contributed by atoms with E-state index in [1.807, 2.05) is 0 Å². The largest absolute Gasteiger partial charge is 0.379 e. The van der Waals surface area contributed by atoms with Crippen LogP contribution < -0.4 is 0 Å². The summed E-state index contributed by atoms with van der Waals surface area (Å²) in [5.74, 6) is 2.65. The summed E-state index contributed by atoms with van der Waals surface area (Å²) in [7, 11) is 0. The molecule has 0 spiro atoms. The molecule has 2 aliphatic carbocycles. The van der Waals surface area contributed by atoms with Crippen LogP contribution in [-0.4, -0.2) is 18.5 Å². The third-order valence-electron chi connectivity index (χ3n) is 5.03. The van der Waals surface area contributed by atoms with Crippen LogP contribution in [0.4, 0.5) is 0 Å². The highest BCUT2D eigenvalue weighted by atomic mass is 16.5. The summed E-state index contributed by atoms with van der Waals surface area (Å²) >= 11 is 0. The van der Waals surface area contributed by atoms with Crippen LogP contribution in [0.1, 0.15) is 65.2 Å². The monoisotopic (exact) mass is 252 g/mol. The van der Waals surface area contributed by atoms with Gasteiger partial charge in [0.05, 0.1) is 6.10 Å². The van der Waals surface area contributed by atoms with Crippen molar-refractivity contribution in [2.24, 2.45) is 17.8 Å². The maximum atomic E-state index is 11.4. The van der Waals surface area contributed by atoms with Gasteiger partial charge in [0.1, 0.15) is 5.78 Å². The minimum Gasteiger partial charge on any atom is -0.379 e. The molecule has 2 fully saturated rings.